The van der Waals surface area contributed by atoms with E-state index in [4.69, 9.17) is 4.74 Å². The monoisotopic (exact) mass is 460 g/mol. The number of ether oxygens (including phenoxy) is 1. The molecule has 172 valence electrons. The Morgan fingerprint density at radius 2 is 2.00 bits per heavy atom. The van der Waals surface area contributed by atoms with Gasteiger partial charge in [0.1, 0.15) is 4.83 Å². The van der Waals surface area contributed by atoms with Gasteiger partial charge in [-0.25, -0.2) is 4.98 Å². The lowest BCUT2D eigenvalue weighted by Gasteiger charge is -2.27. The van der Waals surface area contributed by atoms with Crippen LogP contribution in [0.4, 0.5) is 0 Å². The first kappa shape index (κ1) is 22.4. The number of likely N-dealkylation sites (tertiary alicyclic amines) is 1. The Labute approximate surface area is 190 Å². The van der Waals surface area contributed by atoms with Crippen LogP contribution in [-0.4, -0.2) is 63.4 Å². The molecule has 2 aromatic rings. The summed E-state index contributed by atoms with van der Waals surface area (Å²) in [5.74, 6) is -0.249. The molecule has 2 amide bonds. The number of aromatic nitrogens is 2. The van der Waals surface area contributed by atoms with Crippen molar-refractivity contribution in [2.24, 2.45) is 0 Å². The number of rotatable bonds is 8. The van der Waals surface area contributed by atoms with E-state index in [1.165, 1.54) is 11.3 Å². The number of fused-ring (bicyclic) bond motifs is 3. The Balaban J connectivity index is 1.42. The Kier molecular flexibility index (Phi) is 6.88. The molecule has 0 N–H and O–H groups in total. The second-order valence-corrected chi connectivity index (χ2v) is 9.22. The van der Waals surface area contributed by atoms with Crippen LogP contribution in [0.3, 0.4) is 0 Å². The van der Waals surface area contributed by atoms with Gasteiger partial charge in [0.2, 0.25) is 11.8 Å². The fraction of sp³-hybridized carbons (Fsp3) is 0.591. The van der Waals surface area contributed by atoms with Crippen LogP contribution in [0.1, 0.15) is 49.5 Å². The zero-order valence-electron chi connectivity index (χ0n) is 18.3. The smallest absolute Gasteiger partial charge is 0.306 e. The van der Waals surface area contributed by atoms with Crippen LogP contribution < -0.4 is 5.56 Å². The maximum Gasteiger partial charge on any atom is 0.306 e. The standard InChI is InChI=1S/C22H28N4O5S/c1-2-31-19(29)7-6-18(28)25-12-8-15-16(13-25)32-21-20(15)22(30)26(14-23-21)11-4-10-24-9-3-5-17(24)27/h14H,2-13H2,1H3. The van der Waals surface area contributed by atoms with Crippen molar-refractivity contribution in [3.8, 4) is 0 Å². The van der Waals surface area contributed by atoms with Gasteiger partial charge in [-0.3, -0.25) is 23.7 Å². The summed E-state index contributed by atoms with van der Waals surface area (Å²) in [6.07, 6.45) is 4.65. The molecule has 0 aliphatic carbocycles. The molecule has 4 heterocycles. The number of nitrogens with zero attached hydrogens (tertiary/aromatic N) is 4. The number of hydrogen-bond acceptors (Lipinski definition) is 7. The largest absolute Gasteiger partial charge is 0.466 e. The molecule has 32 heavy (non-hydrogen) atoms. The van der Waals surface area contributed by atoms with E-state index in [2.05, 4.69) is 4.98 Å². The van der Waals surface area contributed by atoms with Gasteiger partial charge in [0, 0.05) is 43.9 Å². The first-order chi connectivity index (χ1) is 15.5. The van der Waals surface area contributed by atoms with E-state index in [-0.39, 0.29) is 36.2 Å². The van der Waals surface area contributed by atoms with Crippen LogP contribution in [-0.2, 0) is 38.6 Å². The van der Waals surface area contributed by atoms with Gasteiger partial charge in [0.15, 0.2) is 0 Å². The van der Waals surface area contributed by atoms with Gasteiger partial charge in [-0.05, 0) is 31.7 Å². The third-order valence-electron chi connectivity index (χ3n) is 6.03. The summed E-state index contributed by atoms with van der Waals surface area (Å²) in [7, 11) is 0. The van der Waals surface area contributed by atoms with Crippen LogP contribution in [0, 0.1) is 0 Å². The van der Waals surface area contributed by atoms with Gasteiger partial charge < -0.3 is 14.5 Å². The molecule has 2 aliphatic heterocycles. The lowest BCUT2D eigenvalue weighted by atomic mass is 10.0. The van der Waals surface area contributed by atoms with Gasteiger partial charge >= 0.3 is 5.97 Å². The van der Waals surface area contributed by atoms with Crippen LogP contribution in [0.15, 0.2) is 11.1 Å². The van der Waals surface area contributed by atoms with Crippen LogP contribution in [0.25, 0.3) is 10.2 Å². The van der Waals surface area contributed by atoms with Crippen molar-refractivity contribution >= 4 is 39.3 Å². The summed E-state index contributed by atoms with van der Waals surface area (Å²) in [6.45, 7) is 4.99. The highest BCUT2D eigenvalue weighted by Crippen LogP contribution is 2.32. The maximum atomic E-state index is 13.1. The number of hydrogen-bond donors (Lipinski definition) is 0. The molecule has 0 radical (unpaired) electrons. The molecule has 9 nitrogen and oxygen atoms in total. The minimum absolute atomic E-state index is 0.0534. The fourth-order valence-corrected chi connectivity index (χ4v) is 5.56. The van der Waals surface area contributed by atoms with Gasteiger partial charge in [-0.2, -0.15) is 0 Å². The minimum atomic E-state index is -0.362. The van der Waals surface area contributed by atoms with E-state index in [1.54, 1.807) is 22.7 Å². The van der Waals surface area contributed by atoms with Crippen molar-refractivity contribution in [1.82, 2.24) is 19.4 Å². The highest BCUT2D eigenvalue weighted by atomic mass is 32.1. The molecule has 2 aromatic heterocycles. The van der Waals surface area contributed by atoms with E-state index >= 15 is 0 Å². The third-order valence-corrected chi connectivity index (χ3v) is 7.15. The Morgan fingerprint density at radius 3 is 2.75 bits per heavy atom. The molecular formula is C22H28N4O5S. The van der Waals surface area contributed by atoms with E-state index in [0.717, 1.165) is 23.4 Å². The predicted octanol–water partition coefficient (Wildman–Crippen LogP) is 1.70. The number of carbonyl (C=O) groups is 3. The van der Waals surface area contributed by atoms with Crippen molar-refractivity contribution < 1.29 is 19.1 Å². The molecule has 1 saturated heterocycles. The molecule has 0 spiro atoms. The number of carbonyl (C=O) groups excluding carboxylic acids is 3. The summed E-state index contributed by atoms with van der Waals surface area (Å²) in [4.78, 5) is 58.7. The number of esters is 1. The molecule has 0 unspecified atom stereocenters. The van der Waals surface area contributed by atoms with Gasteiger partial charge in [0.25, 0.3) is 5.56 Å². The number of amides is 2. The summed E-state index contributed by atoms with van der Waals surface area (Å²) >= 11 is 1.46. The number of aryl methyl sites for hydroxylation is 1. The Hall–Kier alpha value is -2.75. The second kappa shape index (κ2) is 9.81. The van der Waals surface area contributed by atoms with Crippen molar-refractivity contribution in [2.75, 3.05) is 26.2 Å². The van der Waals surface area contributed by atoms with Crippen molar-refractivity contribution in [3.63, 3.8) is 0 Å². The summed E-state index contributed by atoms with van der Waals surface area (Å²) < 4.78 is 6.52. The van der Waals surface area contributed by atoms with Gasteiger partial charge in [-0.1, -0.05) is 0 Å². The first-order valence-electron chi connectivity index (χ1n) is 11.2. The normalized spacial score (nSPS) is 16.0. The van der Waals surface area contributed by atoms with Crippen LogP contribution >= 0.6 is 11.3 Å². The highest BCUT2D eigenvalue weighted by molar-refractivity contribution is 7.18. The average Bonchev–Trinajstić information content (AvgIpc) is 3.36. The molecule has 0 bridgehead atoms. The van der Waals surface area contributed by atoms with Gasteiger partial charge in [-0.15, -0.1) is 11.3 Å². The molecular weight excluding hydrogens is 432 g/mol. The molecule has 1 fully saturated rings. The number of thiophene rings is 1. The first-order valence-corrected chi connectivity index (χ1v) is 12.0. The Morgan fingerprint density at radius 1 is 1.16 bits per heavy atom. The van der Waals surface area contributed by atoms with Crippen LogP contribution in [0.5, 0.6) is 0 Å². The average molecular weight is 461 g/mol. The predicted molar refractivity (Wildman–Crippen MR) is 119 cm³/mol. The van der Waals surface area contributed by atoms with E-state index < -0.39 is 0 Å². The quantitative estimate of drug-likeness (QED) is 0.556. The molecule has 0 atom stereocenters. The lowest BCUT2D eigenvalue weighted by molar-refractivity contribution is -0.145. The SMILES string of the molecule is CCOC(=O)CCC(=O)N1CCc2c(sc3ncn(CCCN4CCCC4=O)c(=O)c23)C1. The van der Waals surface area contributed by atoms with E-state index in [9.17, 15) is 19.2 Å². The summed E-state index contributed by atoms with van der Waals surface area (Å²) in [5.41, 5.74) is 0.934. The Bertz CT molecular complexity index is 1090. The third kappa shape index (κ3) is 4.69. The van der Waals surface area contributed by atoms with E-state index in [1.807, 2.05) is 4.90 Å². The zero-order valence-corrected chi connectivity index (χ0v) is 19.1. The van der Waals surface area contributed by atoms with Crippen molar-refractivity contribution in [3.05, 3.63) is 27.1 Å². The summed E-state index contributed by atoms with van der Waals surface area (Å²) in [6, 6.07) is 0. The topological polar surface area (TPSA) is 102 Å². The summed E-state index contributed by atoms with van der Waals surface area (Å²) in [5, 5.41) is 0.656. The zero-order chi connectivity index (χ0) is 22.7. The molecule has 0 aromatic carbocycles. The van der Waals surface area contributed by atoms with Crippen molar-refractivity contribution in [2.45, 2.75) is 58.5 Å². The fourth-order valence-electron chi connectivity index (χ4n) is 4.36. The molecule has 0 saturated carbocycles. The second-order valence-electron chi connectivity index (χ2n) is 8.14. The molecule has 4 rings (SSSR count). The highest BCUT2D eigenvalue weighted by Gasteiger charge is 2.27. The minimum Gasteiger partial charge on any atom is -0.466 e. The van der Waals surface area contributed by atoms with Crippen molar-refractivity contribution in [1.29, 1.82) is 0 Å². The van der Waals surface area contributed by atoms with Crippen LogP contribution in [0.2, 0.25) is 0 Å². The molecule has 10 heteroatoms. The van der Waals surface area contributed by atoms with Gasteiger partial charge in [0.05, 0.1) is 31.3 Å². The maximum absolute atomic E-state index is 13.1. The molecule has 2 aliphatic rings. The van der Waals surface area contributed by atoms with E-state index in [0.29, 0.717) is 62.3 Å². The lowest BCUT2D eigenvalue weighted by Crippen LogP contribution is -2.36.